The van der Waals surface area contributed by atoms with E-state index in [4.69, 9.17) is 21.1 Å². The van der Waals surface area contributed by atoms with Gasteiger partial charge >= 0.3 is 0 Å². The number of nitrogens with one attached hydrogen (secondary N) is 1. The molecule has 0 spiro atoms. The van der Waals surface area contributed by atoms with Gasteiger partial charge in [-0.05, 0) is 23.6 Å². The maximum atomic E-state index is 12.5. The lowest BCUT2D eigenvalue weighted by atomic mass is 10.0. The number of hydrogen-bond donors (Lipinski definition) is 1. The third-order valence-corrected chi connectivity index (χ3v) is 5.07. The fraction of sp³-hybridized carbons (Fsp3) is 0.350. The standard InChI is InChI=1S/C20H23ClN2O3/c1-25-17-9-8-15(18(21)19(17)26-2)13-23-11-10-22-20(24)16(23)12-14-6-4-3-5-7-14/h3-9,16H,10-13H2,1-2H3,(H,22,24)/t16-/m0/s1. The fourth-order valence-electron chi connectivity index (χ4n) is 3.28. The van der Waals surface area contributed by atoms with E-state index in [0.717, 1.165) is 17.7 Å². The molecule has 2 aromatic rings. The van der Waals surface area contributed by atoms with Crippen molar-refractivity contribution in [3.8, 4) is 11.5 Å². The summed E-state index contributed by atoms with van der Waals surface area (Å²) in [5.41, 5.74) is 2.05. The minimum Gasteiger partial charge on any atom is -0.493 e. The van der Waals surface area contributed by atoms with Crippen molar-refractivity contribution in [2.45, 2.75) is 19.0 Å². The summed E-state index contributed by atoms with van der Waals surface area (Å²) in [5, 5.41) is 3.49. The minimum absolute atomic E-state index is 0.0525. The first-order valence-electron chi connectivity index (χ1n) is 8.59. The van der Waals surface area contributed by atoms with Crippen LogP contribution in [0.5, 0.6) is 11.5 Å². The van der Waals surface area contributed by atoms with E-state index in [-0.39, 0.29) is 11.9 Å². The molecule has 2 aromatic carbocycles. The van der Waals surface area contributed by atoms with Crippen LogP contribution >= 0.6 is 11.6 Å². The lowest BCUT2D eigenvalue weighted by molar-refractivity contribution is -0.129. The van der Waals surface area contributed by atoms with Crippen LogP contribution in [0.3, 0.4) is 0 Å². The molecule has 1 heterocycles. The van der Waals surface area contributed by atoms with Crippen molar-refractivity contribution in [3.63, 3.8) is 0 Å². The number of methoxy groups -OCH3 is 2. The molecule has 0 saturated carbocycles. The maximum absolute atomic E-state index is 12.5. The molecule has 0 aromatic heterocycles. The number of rotatable bonds is 6. The van der Waals surface area contributed by atoms with E-state index in [1.165, 1.54) is 0 Å². The molecule has 1 aliphatic heterocycles. The average Bonchev–Trinajstić information content (AvgIpc) is 2.66. The number of carbonyl (C=O) groups excluding carboxylic acids is 1. The second-order valence-electron chi connectivity index (χ2n) is 6.24. The van der Waals surface area contributed by atoms with E-state index in [0.29, 0.717) is 36.0 Å². The summed E-state index contributed by atoms with van der Waals surface area (Å²) in [7, 11) is 3.15. The van der Waals surface area contributed by atoms with Crippen LogP contribution in [0.4, 0.5) is 0 Å². The lowest BCUT2D eigenvalue weighted by Crippen LogP contribution is -2.55. The summed E-state index contributed by atoms with van der Waals surface area (Å²) in [6, 6.07) is 13.6. The Morgan fingerprint density at radius 3 is 2.62 bits per heavy atom. The van der Waals surface area contributed by atoms with Gasteiger partial charge in [-0.3, -0.25) is 9.69 Å². The smallest absolute Gasteiger partial charge is 0.237 e. The second kappa shape index (κ2) is 8.43. The summed E-state index contributed by atoms with van der Waals surface area (Å²) in [4.78, 5) is 14.6. The quantitative estimate of drug-likeness (QED) is 0.844. The van der Waals surface area contributed by atoms with Gasteiger partial charge in [-0.15, -0.1) is 0 Å². The number of amides is 1. The van der Waals surface area contributed by atoms with E-state index >= 15 is 0 Å². The first-order chi connectivity index (χ1) is 12.6. The van der Waals surface area contributed by atoms with Crippen LogP contribution < -0.4 is 14.8 Å². The highest BCUT2D eigenvalue weighted by Crippen LogP contribution is 2.38. The van der Waals surface area contributed by atoms with Crippen molar-refractivity contribution in [2.24, 2.45) is 0 Å². The molecule has 1 saturated heterocycles. The predicted octanol–water partition coefficient (Wildman–Crippen LogP) is 2.90. The molecule has 1 N–H and O–H groups in total. The zero-order chi connectivity index (χ0) is 18.5. The molecule has 5 nitrogen and oxygen atoms in total. The van der Waals surface area contributed by atoms with Gasteiger partial charge in [0.25, 0.3) is 0 Å². The third kappa shape index (κ3) is 3.94. The zero-order valence-electron chi connectivity index (χ0n) is 15.0. The number of benzene rings is 2. The van der Waals surface area contributed by atoms with E-state index in [1.54, 1.807) is 14.2 Å². The number of ether oxygens (including phenoxy) is 2. The Balaban J connectivity index is 1.83. The van der Waals surface area contributed by atoms with Gasteiger partial charge in [0.2, 0.25) is 5.91 Å². The summed E-state index contributed by atoms with van der Waals surface area (Å²) < 4.78 is 10.7. The molecule has 0 bridgehead atoms. The zero-order valence-corrected chi connectivity index (χ0v) is 15.8. The number of carbonyl (C=O) groups is 1. The number of piperazine rings is 1. The third-order valence-electron chi connectivity index (χ3n) is 4.65. The number of hydrogen-bond acceptors (Lipinski definition) is 4. The Morgan fingerprint density at radius 2 is 1.92 bits per heavy atom. The molecule has 138 valence electrons. The Kier molecular flexibility index (Phi) is 6.01. The minimum atomic E-state index is -0.227. The molecule has 26 heavy (non-hydrogen) atoms. The monoisotopic (exact) mass is 374 g/mol. The van der Waals surface area contributed by atoms with Gasteiger partial charge in [-0.1, -0.05) is 48.0 Å². The molecule has 0 aliphatic carbocycles. The molecule has 1 fully saturated rings. The number of nitrogens with zero attached hydrogens (tertiary/aromatic N) is 1. The Morgan fingerprint density at radius 1 is 1.15 bits per heavy atom. The summed E-state index contributed by atoms with van der Waals surface area (Å²) in [6.45, 7) is 1.98. The molecule has 0 unspecified atom stereocenters. The van der Waals surface area contributed by atoms with E-state index in [9.17, 15) is 4.79 Å². The van der Waals surface area contributed by atoms with Crippen molar-refractivity contribution in [1.29, 1.82) is 0 Å². The molecule has 1 atom stereocenters. The lowest BCUT2D eigenvalue weighted by Gasteiger charge is -2.35. The van der Waals surface area contributed by atoms with Crippen LogP contribution in [0.25, 0.3) is 0 Å². The largest absolute Gasteiger partial charge is 0.493 e. The second-order valence-corrected chi connectivity index (χ2v) is 6.62. The number of halogens is 1. The van der Waals surface area contributed by atoms with E-state index in [2.05, 4.69) is 10.2 Å². The van der Waals surface area contributed by atoms with E-state index in [1.807, 2.05) is 42.5 Å². The summed E-state index contributed by atoms with van der Waals surface area (Å²) in [5.74, 6) is 1.17. The van der Waals surface area contributed by atoms with Crippen molar-refractivity contribution in [3.05, 3.63) is 58.6 Å². The molecule has 3 rings (SSSR count). The van der Waals surface area contributed by atoms with Crippen LogP contribution in [-0.4, -0.2) is 44.2 Å². The van der Waals surface area contributed by atoms with Gasteiger partial charge in [-0.2, -0.15) is 0 Å². The van der Waals surface area contributed by atoms with Gasteiger partial charge in [0.1, 0.15) is 0 Å². The highest BCUT2D eigenvalue weighted by molar-refractivity contribution is 6.33. The van der Waals surface area contributed by atoms with Gasteiger partial charge in [0, 0.05) is 19.6 Å². The van der Waals surface area contributed by atoms with Crippen molar-refractivity contribution in [2.75, 3.05) is 27.3 Å². The van der Waals surface area contributed by atoms with Crippen molar-refractivity contribution < 1.29 is 14.3 Å². The first-order valence-corrected chi connectivity index (χ1v) is 8.97. The molecular formula is C20H23ClN2O3. The Labute approximate surface area is 158 Å². The highest BCUT2D eigenvalue weighted by Gasteiger charge is 2.30. The molecular weight excluding hydrogens is 352 g/mol. The Bertz CT molecular complexity index is 767. The molecule has 0 radical (unpaired) electrons. The molecule has 1 amide bonds. The normalized spacial score (nSPS) is 17.7. The molecule has 1 aliphatic rings. The predicted molar refractivity (Wildman–Crippen MR) is 102 cm³/mol. The Hall–Kier alpha value is -2.24. The SMILES string of the molecule is COc1ccc(CN2CCNC(=O)[C@@H]2Cc2ccccc2)c(Cl)c1OC. The average molecular weight is 375 g/mol. The van der Waals surface area contributed by atoms with Gasteiger partial charge < -0.3 is 14.8 Å². The van der Waals surface area contributed by atoms with Crippen LogP contribution in [0.2, 0.25) is 5.02 Å². The van der Waals surface area contributed by atoms with Crippen molar-refractivity contribution in [1.82, 2.24) is 10.2 Å². The van der Waals surface area contributed by atoms with Crippen LogP contribution in [-0.2, 0) is 17.8 Å². The van der Waals surface area contributed by atoms with Crippen LogP contribution in [0.15, 0.2) is 42.5 Å². The summed E-state index contributed by atoms with van der Waals surface area (Å²) in [6.07, 6.45) is 0.664. The fourth-order valence-corrected chi connectivity index (χ4v) is 3.57. The van der Waals surface area contributed by atoms with Gasteiger partial charge in [0.05, 0.1) is 25.3 Å². The van der Waals surface area contributed by atoms with Gasteiger partial charge in [0.15, 0.2) is 11.5 Å². The highest BCUT2D eigenvalue weighted by atomic mass is 35.5. The van der Waals surface area contributed by atoms with Crippen molar-refractivity contribution >= 4 is 17.5 Å². The first kappa shape index (κ1) is 18.5. The molecule has 6 heteroatoms. The summed E-state index contributed by atoms with van der Waals surface area (Å²) >= 11 is 6.52. The van der Waals surface area contributed by atoms with Crippen LogP contribution in [0, 0.1) is 0 Å². The maximum Gasteiger partial charge on any atom is 0.237 e. The van der Waals surface area contributed by atoms with Gasteiger partial charge in [-0.25, -0.2) is 0 Å². The van der Waals surface area contributed by atoms with Crippen LogP contribution in [0.1, 0.15) is 11.1 Å². The topological polar surface area (TPSA) is 50.8 Å². The van der Waals surface area contributed by atoms with E-state index < -0.39 is 0 Å².